The number of carbonyl (C=O) groups excluding carboxylic acids is 1. The molecule has 0 aliphatic rings. The molecule has 5 heteroatoms. The SMILES string of the molecule is COc1ccc(C=O)c2c(CC(=O)O)coc12. The molecular formula is C12H10O5. The predicted octanol–water partition coefficient (Wildman–Crippen LogP) is 1.88. The van der Waals surface area contributed by atoms with E-state index < -0.39 is 5.97 Å². The van der Waals surface area contributed by atoms with Crippen LogP contribution in [-0.4, -0.2) is 24.5 Å². The van der Waals surface area contributed by atoms with E-state index in [0.29, 0.717) is 34.1 Å². The number of benzene rings is 1. The first-order valence-corrected chi connectivity index (χ1v) is 4.91. The van der Waals surface area contributed by atoms with Crippen molar-refractivity contribution in [2.45, 2.75) is 6.42 Å². The normalized spacial score (nSPS) is 10.4. The maximum Gasteiger partial charge on any atom is 0.307 e. The van der Waals surface area contributed by atoms with Gasteiger partial charge in [0, 0.05) is 16.5 Å². The Morgan fingerprint density at radius 2 is 2.29 bits per heavy atom. The van der Waals surface area contributed by atoms with Gasteiger partial charge in [0.05, 0.1) is 19.8 Å². The number of hydrogen-bond acceptors (Lipinski definition) is 4. The first-order valence-electron chi connectivity index (χ1n) is 4.91. The van der Waals surface area contributed by atoms with Crippen LogP contribution in [0.1, 0.15) is 15.9 Å². The minimum absolute atomic E-state index is 0.193. The predicted molar refractivity (Wildman–Crippen MR) is 59.5 cm³/mol. The molecule has 0 aliphatic carbocycles. The fourth-order valence-corrected chi connectivity index (χ4v) is 1.77. The van der Waals surface area contributed by atoms with Crippen molar-refractivity contribution in [2.24, 2.45) is 0 Å². The maximum atomic E-state index is 10.9. The topological polar surface area (TPSA) is 76.7 Å². The van der Waals surface area contributed by atoms with Crippen LogP contribution in [0.15, 0.2) is 22.8 Å². The highest BCUT2D eigenvalue weighted by atomic mass is 16.5. The number of carbonyl (C=O) groups is 2. The second kappa shape index (κ2) is 4.29. The number of aliphatic carboxylic acids is 1. The fourth-order valence-electron chi connectivity index (χ4n) is 1.77. The third-order valence-corrected chi connectivity index (χ3v) is 2.48. The molecule has 1 aromatic carbocycles. The highest BCUT2D eigenvalue weighted by Crippen LogP contribution is 2.32. The number of ether oxygens (including phenoxy) is 1. The zero-order valence-corrected chi connectivity index (χ0v) is 9.10. The molecule has 2 rings (SSSR count). The van der Waals surface area contributed by atoms with Crippen molar-refractivity contribution in [3.8, 4) is 5.75 Å². The minimum atomic E-state index is -0.979. The fraction of sp³-hybridized carbons (Fsp3) is 0.167. The van der Waals surface area contributed by atoms with Crippen LogP contribution in [0.25, 0.3) is 11.0 Å². The second-order valence-corrected chi connectivity index (χ2v) is 3.51. The molecule has 1 N–H and O–H groups in total. The van der Waals surface area contributed by atoms with Crippen LogP contribution in [0.2, 0.25) is 0 Å². The number of fused-ring (bicyclic) bond motifs is 1. The lowest BCUT2D eigenvalue weighted by atomic mass is 10.0. The zero-order valence-electron chi connectivity index (χ0n) is 9.10. The molecule has 1 heterocycles. The van der Waals surface area contributed by atoms with Crippen molar-refractivity contribution in [3.63, 3.8) is 0 Å². The van der Waals surface area contributed by atoms with Crippen LogP contribution in [0, 0.1) is 0 Å². The van der Waals surface area contributed by atoms with Crippen LogP contribution >= 0.6 is 0 Å². The van der Waals surface area contributed by atoms with Crippen molar-refractivity contribution in [3.05, 3.63) is 29.5 Å². The number of hydrogen-bond donors (Lipinski definition) is 1. The van der Waals surface area contributed by atoms with Gasteiger partial charge in [-0.05, 0) is 12.1 Å². The maximum absolute atomic E-state index is 10.9. The molecule has 0 radical (unpaired) electrons. The van der Waals surface area contributed by atoms with Crippen molar-refractivity contribution < 1.29 is 23.8 Å². The summed E-state index contributed by atoms with van der Waals surface area (Å²) in [4.78, 5) is 21.6. The number of aldehydes is 1. The molecule has 0 unspecified atom stereocenters. The summed E-state index contributed by atoms with van der Waals surface area (Å²) in [5.41, 5.74) is 1.26. The summed E-state index contributed by atoms with van der Waals surface area (Å²) in [7, 11) is 1.48. The van der Waals surface area contributed by atoms with E-state index in [4.69, 9.17) is 14.3 Å². The third-order valence-electron chi connectivity index (χ3n) is 2.48. The first-order chi connectivity index (χ1) is 8.17. The second-order valence-electron chi connectivity index (χ2n) is 3.51. The van der Waals surface area contributed by atoms with Gasteiger partial charge in [-0.1, -0.05) is 0 Å². The largest absolute Gasteiger partial charge is 0.493 e. The Morgan fingerprint density at radius 1 is 1.53 bits per heavy atom. The quantitative estimate of drug-likeness (QED) is 0.817. The molecule has 5 nitrogen and oxygen atoms in total. The molecule has 0 amide bonds. The molecule has 17 heavy (non-hydrogen) atoms. The Kier molecular flexibility index (Phi) is 2.82. The summed E-state index contributed by atoms with van der Waals surface area (Å²) in [6, 6.07) is 3.19. The lowest BCUT2D eigenvalue weighted by molar-refractivity contribution is -0.136. The van der Waals surface area contributed by atoms with Gasteiger partial charge < -0.3 is 14.3 Å². The van der Waals surface area contributed by atoms with E-state index in [1.165, 1.54) is 13.4 Å². The zero-order chi connectivity index (χ0) is 12.4. The van der Waals surface area contributed by atoms with E-state index in [2.05, 4.69) is 0 Å². The molecular weight excluding hydrogens is 224 g/mol. The van der Waals surface area contributed by atoms with Gasteiger partial charge in [-0.2, -0.15) is 0 Å². The molecule has 0 atom stereocenters. The first kappa shape index (κ1) is 11.2. The average Bonchev–Trinajstić information content (AvgIpc) is 2.71. The average molecular weight is 234 g/mol. The van der Waals surface area contributed by atoms with Crippen molar-refractivity contribution >= 4 is 23.2 Å². The Bertz CT molecular complexity index is 582. The molecule has 0 saturated heterocycles. The summed E-state index contributed by atoms with van der Waals surface area (Å²) in [5, 5.41) is 9.28. The van der Waals surface area contributed by atoms with Gasteiger partial charge >= 0.3 is 5.97 Å². The highest BCUT2D eigenvalue weighted by molar-refractivity contribution is 6.01. The molecule has 0 fully saturated rings. The lowest BCUT2D eigenvalue weighted by Gasteiger charge is -2.02. The van der Waals surface area contributed by atoms with Gasteiger partial charge in [-0.3, -0.25) is 9.59 Å². The van der Waals surface area contributed by atoms with E-state index in [1.54, 1.807) is 12.1 Å². The highest BCUT2D eigenvalue weighted by Gasteiger charge is 2.16. The van der Waals surface area contributed by atoms with Crippen LogP contribution in [0.3, 0.4) is 0 Å². The Hall–Kier alpha value is -2.30. The minimum Gasteiger partial charge on any atom is -0.493 e. The van der Waals surface area contributed by atoms with Gasteiger partial charge in [0.25, 0.3) is 0 Å². The van der Waals surface area contributed by atoms with Gasteiger partial charge in [0.2, 0.25) is 0 Å². The van der Waals surface area contributed by atoms with Crippen molar-refractivity contribution in [2.75, 3.05) is 7.11 Å². The molecule has 88 valence electrons. The van der Waals surface area contributed by atoms with Gasteiger partial charge in [-0.15, -0.1) is 0 Å². The third kappa shape index (κ3) is 1.87. The molecule has 2 aromatic rings. The molecule has 0 spiro atoms. The van der Waals surface area contributed by atoms with Crippen molar-refractivity contribution in [1.82, 2.24) is 0 Å². The molecule has 0 bridgehead atoms. The van der Waals surface area contributed by atoms with Gasteiger partial charge in [-0.25, -0.2) is 0 Å². The van der Waals surface area contributed by atoms with E-state index >= 15 is 0 Å². The summed E-state index contributed by atoms with van der Waals surface area (Å²) in [5.74, 6) is -0.505. The number of methoxy groups -OCH3 is 1. The Labute approximate surface area is 96.6 Å². The Morgan fingerprint density at radius 3 is 2.88 bits per heavy atom. The van der Waals surface area contributed by atoms with Crippen molar-refractivity contribution in [1.29, 1.82) is 0 Å². The Balaban J connectivity index is 2.71. The molecule has 0 aliphatic heterocycles. The number of furan rings is 1. The van der Waals surface area contributed by atoms with E-state index in [9.17, 15) is 9.59 Å². The van der Waals surface area contributed by atoms with Crippen LogP contribution < -0.4 is 4.74 Å². The summed E-state index contributed by atoms with van der Waals surface area (Å²) < 4.78 is 10.4. The van der Waals surface area contributed by atoms with E-state index in [-0.39, 0.29) is 6.42 Å². The number of carboxylic acid groups (broad SMARTS) is 1. The monoisotopic (exact) mass is 234 g/mol. The lowest BCUT2D eigenvalue weighted by Crippen LogP contribution is -2.00. The summed E-state index contributed by atoms with van der Waals surface area (Å²) in [6.45, 7) is 0. The molecule has 1 aromatic heterocycles. The van der Waals surface area contributed by atoms with E-state index in [1.807, 2.05) is 0 Å². The standard InChI is InChI=1S/C12H10O5/c1-16-9-3-2-7(5-13)11-8(4-10(14)15)6-17-12(9)11/h2-3,5-6H,4H2,1H3,(H,14,15). The number of rotatable bonds is 4. The molecule has 0 saturated carbocycles. The van der Waals surface area contributed by atoms with Crippen LogP contribution in [0.5, 0.6) is 5.75 Å². The smallest absolute Gasteiger partial charge is 0.307 e. The van der Waals surface area contributed by atoms with E-state index in [0.717, 1.165) is 0 Å². The number of carboxylic acids is 1. The van der Waals surface area contributed by atoms with Crippen LogP contribution in [-0.2, 0) is 11.2 Å². The van der Waals surface area contributed by atoms with Crippen LogP contribution in [0.4, 0.5) is 0 Å². The van der Waals surface area contributed by atoms with Gasteiger partial charge in [0.1, 0.15) is 0 Å². The summed E-state index contributed by atoms with van der Waals surface area (Å²) in [6.07, 6.45) is 1.82. The summed E-state index contributed by atoms with van der Waals surface area (Å²) >= 11 is 0. The van der Waals surface area contributed by atoms with Gasteiger partial charge in [0.15, 0.2) is 17.6 Å².